The quantitative estimate of drug-likeness (QED) is 0.778. The van der Waals surface area contributed by atoms with Crippen LogP contribution < -0.4 is 10.6 Å². The molecule has 96 valence electrons. The summed E-state index contributed by atoms with van der Waals surface area (Å²) in [5.74, 6) is -0.640. The van der Waals surface area contributed by atoms with E-state index in [1.54, 1.807) is 12.1 Å². The normalized spacial score (nSPS) is 20.2. The number of thiocarbonyl (C=S) groups is 1. The zero-order chi connectivity index (χ0) is 13.3. The van der Waals surface area contributed by atoms with Gasteiger partial charge < -0.3 is 10.6 Å². The number of rotatable bonds is 2. The zero-order valence-corrected chi connectivity index (χ0v) is 11.4. The molecule has 1 aromatic carbocycles. The van der Waals surface area contributed by atoms with Gasteiger partial charge in [0.25, 0.3) is 0 Å². The van der Waals surface area contributed by atoms with Crippen LogP contribution in [0.5, 0.6) is 0 Å². The van der Waals surface area contributed by atoms with Gasteiger partial charge in [0, 0.05) is 6.54 Å². The third-order valence-corrected chi connectivity index (χ3v) is 5.28. The molecular weight excluding hydrogens is 296 g/mol. The summed E-state index contributed by atoms with van der Waals surface area (Å²) in [6.07, 6.45) is 0. The molecule has 1 heterocycles. The van der Waals surface area contributed by atoms with Crippen molar-refractivity contribution >= 4 is 44.7 Å². The van der Waals surface area contributed by atoms with Crippen molar-refractivity contribution < 1.29 is 13.2 Å². The van der Waals surface area contributed by atoms with Crippen molar-refractivity contribution in [3.05, 3.63) is 29.3 Å². The van der Waals surface area contributed by atoms with Gasteiger partial charge in [0.1, 0.15) is 0 Å². The van der Waals surface area contributed by atoms with Crippen molar-refractivity contribution in [2.75, 3.05) is 6.54 Å². The summed E-state index contributed by atoms with van der Waals surface area (Å²) >= 11 is 10.6. The van der Waals surface area contributed by atoms with E-state index in [4.69, 9.17) is 23.8 Å². The molecular formula is C10H9ClN2O3S2. The van der Waals surface area contributed by atoms with E-state index in [9.17, 15) is 13.2 Å². The monoisotopic (exact) mass is 304 g/mol. The second kappa shape index (κ2) is 4.83. The minimum absolute atomic E-state index is 0.0542. The van der Waals surface area contributed by atoms with E-state index in [0.29, 0.717) is 0 Å². The molecule has 0 bridgehead atoms. The Hall–Kier alpha value is -1.18. The number of carbonyl (C=O) groups is 1. The van der Waals surface area contributed by atoms with Gasteiger partial charge in [0.15, 0.2) is 20.2 Å². The number of nitrogens with one attached hydrogen (secondary N) is 2. The molecule has 2 N–H and O–H groups in total. The average molecular weight is 305 g/mol. The number of sulfone groups is 1. The van der Waals surface area contributed by atoms with Gasteiger partial charge in [-0.3, -0.25) is 4.79 Å². The Labute approximate surface area is 114 Å². The Morgan fingerprint density at radius 1 is 1.33 bits per heavy atom. The zero-order valence-electron chi connectivity index (χ0n) is 9.01. The Balaban J connectivity index is 2.41. The standard InChI is InChI=1S/C10H9ClN2O3S2/c11-6-3-1-2-4-7(6)18(15,16)8-5-12-10(17)13-9(8)14/h1-4,8H,5H2,(H2,12,13,14,17). The van der Waals surface area contributed by atoms with E-state index in [0.717, 1.165) is 0 Å². The maximum absolute atomic E-state index is 12.3. The highest BCUT2D eigenvalue weighted by molar-refractivity contribution is 7.93. The van der Waals surface area contributed by atoms with Crippen molar-refractivity contribution in [2.24, 2.45) is 0 Å². The molecule has 1 fully saturated rings. The molecule has 2 rings (SSSR count). The minimum Gasteiger partial charge on any atom is -0.361 e. The van der Waals surface area contributed by atoms with E-state index in [1.165, 1.54) is 12.1 Å². The van der Waals surface area contributed by atoms with Gasteiger partial charge >= 0.3 is 0 Å². The first kappa shape index (κ1) is 13.3. The lowest BCUT2D eigenvalue weighted by Crippen LogP contribution is -2.57. The molecule has 5 nitrogen and oxygen atoms in total. The summed E-state index contributed by atoms with van der Waals surface area (Å²) in [6.45, 7) is -0.0573. The summed E-state index contributed by atoms with van der Waals surface area (Å²) in [4.78, 5) is 11.6. The molecule has 0 saturated carbocycles. The lowest BCUT2D eigenvalue weighted by atomic mass is 10.3. The highest BCUT2D eigenvalue weighted by Gasteiger charge is 2.38. The Bertz CT molecular complexity index is 615. The maximum atomic E-state index is 12.3. The van der Waals surface area contributed by atoms with Crippen LogP contribution >= 0.6 is 23.8 Å². The van der Waals surface area contributed by atoms with Crippen LogP contribution in [0.2, 0.25) is 5.02 Å². The van der Waals surface area contributed by atoms with Gasteiger partial charge in [0.2, 0.25) is 5.91 Å². The van der Waals surface area contributed by atoms with Crippen molar-refractivity contribution in [1.82, 2.24) is 10.6 Å². The van der Waals surface area contributed by atoms with Gasteiger partial charge in [-0.25, -0.2) is 8.42 Å². The van der Waals surface area contributed by atoms with E-state index >= 15 is 0 Å². The molecule has 1 aliphatic heterocycles. The lowest BCUT2D eigenvalue weighted by molar-refractivity contribution is -0.119. The number of benzene rings is 1. The molecule has 1 atom stereocenters. The molecule has 8 heteroatoms. The highest BCUT2D eigenvalue weighted by Crippen LogP contribution is 2.25. The van der Waals surface area contributed by atoms with Crippen LogP contribution in [0.25, 0.3) is 0 Å². The maximum Gasteiger partial charge on any atom is 0.246 e. The second-order valence-electron chi connectivity index (χ2n) is 3.66. The Kier molecular flexibility index (Phi) is 3.56. The lowest BCUT2D eigenvalue weighted by Gasteiger charge is -2.24. The van der Waals surface area contributed by atoms with Crippen LogP contribution in [0.15, 0.2) is 29.2 Å². The van der Waals surface area contributed by atoms with Crippen molar-refractivity contribution in [3.63, 3.8) is 0 Å². The predicted octanol–water partition coefficient (Wildman–Crippen LogP) is 0.487. The fourth-order valence-electron chi connectivity index (χ4n) is 1.59. The summed E-state index contributed by atoms with van der Waals surface area (Å²) in [5.41, 5.74) is 0. The molecule has 1 amide bonds. The van der Waals surface area contributed by atoms with E-state index in [-0.39, 0.29) is 21.6 Å². The van der Waals surface area contributed by atoms with Crippen LogP contribution in [-0.2, 0) is 14.6 Å². The minimum atomic E-state index is -3.83. The van der Waals surface area contributed by atoms with Crippen LogP contribution in [0.4, 0.5) is 0 Å². The van der Waals surface area contributed by atoms with Gasteiger partial charge in [-0.05, 0) is 24.4 Å². The molecule has 1 unspecified atom stereocenters. The summed E-state index contributed by atoms with van der Waals surface area (Å²) in [5, 5.41) is 3.91. The summed E-state index contributed by atoms with van der Waals surface area (Å²) in [7, 11) is -3.83. The van der Waals surface area contributed by atoms with Gasteiger partial charge in [-0.15, -0.1) is 0 Å². The van der Waals surface area contributed by atoms with Gasteiger partial charge in [0.05, 0.1) is 9.92 Å². The van der Waals surface area contributed by atoms with Crippen LogP contribution in [-0.4, -0.2) is 31.2 Å². The van der Waals surface area contributed by atoms with Gasteiger partial charge in [-0.2, -0.15) is 0 Å². The smallest absolute Gasteiger partial charge is 0.246 e. The fourth-order valence-corrected chi connectivity index (χ4v) is 3.79. The van der Waals surface area contributed by atoms with Crippen LogP contribution in [0, 0.1) is 0 Å². The predicted molar refractivity (Wildman–Crippen MR) is 71.2 cm³/mol. The SMILES string of the molecule is O=C1NC(=S)NCC1S(=O)(=O)c1ccccc1Cl. The van der Waals surface area contributed by atoms with Crippen LogP contribution in [0.3, 0.4) is 0 Å². The third kappa shape index (κ3) is 2.33. The summed E-state index contributed by atoms with van der Waals surface area (Å²) in [6, 6.07) is 6.01. The first-order valence-electron chi connectivity index (χ1n) is 5.00. The molecule has 1 saturated heterocycles. The molecule has 18 heavy (non-hydrogen) atoms. The number of hydrogen-bond donors (Lipinski definition) is 2. The largest absolute Gasteiger partial charge is 0.361 e. The molecule has 0 radical (unpaired) electrons. The highest BCUT2D eigenvalue weighted by atomic mass is 35.5. The molecule has 1 aromatic rings. The molecule has 0 aliphatic carbocycles. The van der Waals surface area contributed by atoms with E-state index in [1.807, 2.05) is 0 Å². The Morgan fingerprint density at radius 2 is 2.00 bits per heavy atom. The molecule has 1 aliphatic rings. The number of carbonyl (C=O) groups excluding carboxylic acids is 1. The topological polar surface area (TPSA) is 75.3 Å². The van der Waals surface area contributed by atoms with Crippen molar-refractivity contribution in [2.45, 2.75) is 10.1 Å². The van der Waals surface area contributed by atoms with Crippen molar-refractivity contribution in [3.8, 4) is 0 Å². The fraction of sp³-hybridized carbons (Fsp3) is 0.200. The summed E-state index contributed by atoms with van der Waals surface area (Å²) < 4.78 is 24.6. The number of halogens is 1. The number of hydrogen-bond acceptors (Lipinski definition) is 4. The van der Waals surface area contributed by atoms with Gasteiger partial charge in [-0.1, -0.05) is 23.7 Å². The molecule has 0 spiro atoms. The second-order valence-corrected chi connectivity index (χ2v) is 6.58. The Morgan fingerprint density at radius 3 is 2.61 bits per heavy atom. The first-order chi connectivity index (χ1) is 8.43. The molecule has 0 aromatic heterocycles. The number of amides is 1. The average Bonchev–Trinajstić information content (AvgIpc) is 2.28. The van der Waals surface area contributed by atoms with Crippen LogP contribution in [0.1, 0.15) is 0 Å². The van der Waals surface area contributed by atoms with E-state index in [2.05, 4.69) is 10.6 Å². The first-order valence-corrected chi connectivity index (χ1v) is 7.33. The third-order valence-electron chi connectivity index (χ3n) is 2.49. The van der Waals surface area contributed by atoms with E-state index < -0.39 is 21.0 Å². The van der Waals surface area contributed by atoms with Crippen molar-refractivity contribution in [1.29, 1.82) is 0 Å².